The maximum atomic E-state index is 12.9. The van der Waals surface area contributed by atoms with E-state index in [1.807, 2.05) is 35.2 Å². The van der Waals surface area contributed by atoms with Gasteiger partial charge in [0.1, 0.15) is 15.8 Å². The van der Waals surface area contributed by atoms with Crippen molar-refractivity contribution in [2.75, 3.05) is 33.8 Å². The molecule has 0 N–H and O–H groups in total. The van der Waals surface area contributed by atoms with Crippen LogP contribution in [0.3, 0.4) is 0 Å². The van der Waals surface area contributed by atoms with Gasteiger partial charge in [0.05, 0.1) is 13.2 Å². The monoisotopic (exact) mass is 438 g/mol. The first-order chi connectivity index (χ1) is 15.0. The van der Waals surface area contributed by atoms with Gasteiger partial charge in [-0.1, -0.05) is 12.1 Å². The van der Waals surface area contributed by atoms with Crippen LogP contribution in [0.15, 0.2) is 42.7 Å². The highest BCUT2D eigenvalue weighted by Gasteiger charge is 2.32. The SMILES string of the molecule is CN(C)C(=O)c1sc2ncccc2c1[C@H]1CN(C(=O)CCCc2ccccn2)CCO1. The zero-order chi connectivity index (χ0) is 21.8. The number of nitrogens with zero attached hydrogens (tertiary/aromatic N) is 4. The first-order valence-electron chi connectivity index (χ1n) is 10.4. The third kappa shape index (κ3) is 4.75. The first-order valence-corrected chi connectivity index (χ1v) is 11.2. The molecular formula is C23H26N4O3S. The van der Waals surface area contributed by atoms with Crippen molar-refractivity contribution in [1.82, 2.24) is 19.8 Å². The van der Waals surface area contributed by atoms with E-state index in [-0.39, 0.29) is 17.9 Å². The van der Waals surface area contributed by atoms with Crippen LogP contribution in [0.1, 0.15) is 39.9 Å². The van der Waals surface area contributed by atoms with Crippen molar-refractivity contribution in [2.45, 2.75) is 25.4 Å². The zero-order valence-corrected chi connectivity index (χ0v) is 18.6. The molecular weight excluding hydrogens is 412 g/mol. The molecule has 0 bridgehead atoms. The fourth-order valence-corrected chi connectivity index (χ4v) is 5.02. The Morgan fingerprint density at radius 3 is 2.81 bits per heavy atom. The van der Waals surface area contributed by atoms with Crippen molar-refractivity contribution < 1.29 is 14.3 Å². The zero-order valence-electron chi connectivity index (χ0n) is 17.8. The molecule has 3 aromatic rings. The van der Waals surface area contributed by atoms with E-state index in [9.17, 15) is 9.59 Å². The molecule has 0 aromatic carbocycles. The number of ether oxygens (including phenoxy) is 1. The van der Waals surface area contributed by atoms with Crippen LogP contribution in [0.5, 0.6) is 0 Å². The van der Waals surface area contributed by atoms with Crippen molar-refractivity contribution in [3.05, 3.63) is 58.9 Å². The molecule has 0 saturated carbocycles. The van der Waals surface area contributed by atoms with Crippen molar-refractivity contribution in [1.29, 1.82) is 0 Å². The van der Waals surface area contributed by atoms with Crippen LogP contribution in [0.4, 0.5) is 0 Å². The third-order valence-corrected chi connectivity index (χ3v) is 6.51. The molecule has 1 aliphatic heterocycles. The van der Waals surface area contributed by atoms with Gasteiger partial charge in [-0.05, 0) is 31.0 Å². The number of morpholine rings is 1. The van der Waals surface area contributed by atoms with Crippen molar-refractivity contribution in [2.24, 2.45) is 0 Å². The van der Waals surface area contributed by atoms with Crippen LogP contribution in [0.25, 0.3) is 10.2 Å². The van der Waals surface area contributed by atoms with E-state index in [0.29, 0.717) is 31.0 Å². The molecule has 1 saturated heterocycles. The normalized spacial score (nSPS) is 16.5. The molecule has 7 nitrogen and oxygen atoms in total. The molecule has 1 aliphatic rings. The summed E-state index contributed by atoms with van der Waals surface area (Å²) in [6, 6.07) is 9.67. The van der Waals surface area contributed by atoms with Gasteiger partial charge < -0.3 is 14.5 Å². The van der Waals surface area contributed by atoms with Gasteiger partial charge in [0.25, 0.3) is 5.91 Å². The van der Waals surface area contributed by atoms with Crippen LogP contribution in [0.2, 0.25) is 0 Å². The summed E-state index contributed by atoms with van der Waals surface area (Å²) in [4.78, 5) is 39.3. The number of pyridine rings is 2. The average Bonchev–Trinajstić information content (AvgIpc) is 3.18. The second kappa shape index (κ2) is 9.53. The Hall–Kier alpha value is -2.84. The van der Waals surface area contributed by atoms with Gasteiger partial charge >= 0.3 is 0 Å². The second-order valence-electron chi connectivity index (χ2n) is 7.77. The molecule has 0 aliphatic carbocycles. The van der Waals surface area contributed by atoms with E-state index in [4.69, 9.17) is 4.74 Å². The summed E-state index contributed by atoms with van der Waals surface area (Å²) in [5.74, 6) is 0.0442. The molecule has 2 amide bonds. The van der Waals surface area contributed by atoms with Gasteiger partial charge in [-0.15, -0.1) is 11.3 Å². The molecule has 4 heterocycles. The minimum Gasteiger partial charge on any atom is -0.370 e. The van der Waals surface area contributed by atoms with Crippen LogP contribution in [-0.2, 0) is 16.0 Å². The highest BCUT2D eigenvalue weighted by atomic mass is 32.1. The molecule has 1 fully saturated rings. The summed E-state index contributed by atoms with van der Waals surface area (Å²) in [6.45, 7) is 1.46. The fourth-order valence-electron chi connectivity index (χ4n) is 3.81. The summed E-state index contributed by atoms with van der Waals surface area (Å²) in [6.07, 6.45) is 5.17. The summed E-state index contributed by atoms with van der Waals surface area (Å²) >= 11 is 1.38. The molecule has 3 aromatic heterocycles. The molecule has 1 atom stereocenters. The Morgan fingerprint density at radius 2 is 2.03 bits per heavy atom. The molecule has 162 valence electrons. The van der Waals surface area contributed by atoms with E-state index in [2.05, 4.69) is 9.97 Å². The average molecular weight is 439 g/mol. The second-order valence-corrected chi connectivity index (χ2v) is 8.77. The number of thiophene rings is 1. The number of hydrogen-bond acceptors (Lipinski definition) is 6. The quantitative estimate of drug-likeness (QED) is 0.590. The van der Waals surface area contributed by atoms with E-state index in [1.165, 1.54) is 11.3 Å². The Bertz CT molecular complexity index is 1070. The Balaban J connectivity index is 1.49. The first kappa shape index (κ1) is 21.4. The molecule has 31 heavy (non-hydrogen) atoms. The van der Waals surface area contributed by atoms with E-state index in [1.54, 1.807) is 31.4 Å². The predicted molar refractivity (Wildman–Crippen MR) is 120 cm³/mol. The third-order valence-electron chi connectivity index (χ3n) is 5.40. The lowest BCUT2D eigenvalue weighted by atomic mass is 10.0. The van der Waals surface area contributed by atoms with Crippen LogP contribution in [0, 0.1) is 0 Å². The Kier molecular flexibility index (Phi) is 6.58. The van der Waals surface area contributed by atoms with Crippen LogP contribution in [-0.4, -0.2) is 65.4 Å². The summed E-state index contributed by atoms with van der Waals surface area (Å²) < 4.78 is 6.06. The fraction of sp³-hybridized carbons (Fsp3) is 0.391. The van der Waals surface area contributed by atoms with Crippen LogP contribution < -0.4 is 0 Å². The highest BCUT2D eigenvalue weighted by Crippen LogP contribution is 2.37. The number of aromatic nitrogens is 2. The number of hydrogen-bond donors (Lipinski definition) is 0. The van der Waals surface area contributed by atoms with Crippen molar-refractivity contribution in [3.8, 4) is 0 Å². The van der Waals surface area contributed by atoms with Gasteiger partial charge in [0, 0.05) is 56.1 Å². The Labute approximate surface area is 185 Å². The standard InChI is InChI=1S/C23H26N4O3S/c1-26(2)23(29)21-20(17-9-6-12-25-22(17)31-21)18-15-27(13-14-30-18)19(28)10-5-8-16-7-3-4-11-24-16/h3-4,6-7,9,11-12,18H,5,8,10,13-15H2,1-2H3/t18-/m1/s1. The maximum Gasteiger partial charge on any atom is 0.263 e. The van der Waals surface area contributed by atoms with Gasteiger partial charge in [-0.25, -0.2) is 4.98 Å². The lowest BCUT2D eigenvalue weighted by Gasteiger charge is -2.33. The molecule has 0 unspecified atom stereocenters. The summed E-state index contributed by atoms with van der Waals surface area (Å²) in [5, 5.41) is 0.923. The summed E-state index contributed by atoms with van der Waals surface area (Å²) in [5.41, 5.74) is 1.84. The molecule has 0 spiro atoms. The van der Waals surface area contributed by atoms with Crippen LogP contribution >= 0.6 is 11.3 Å². The topological polar surface area (TPSA) is 75.6 Å². The molecule has 8 heteroatoms. The van der Waals surface area contributed by atoms with E-state index < -0.39 is 0 Å². The Morgan fingerprint density at radius 1 is 1.19 bits per heavy atom. The molecule has 0 radical (unpaired) electrons. The van der Waals surface area contributed by atoms with Crippen molar-refractivity contribution >= 4 is 33.4 Å². The number of amides is 2. The van der Waals surface area contributed by atoms with E-state index in [0.717, 1.165) is 34.3 Å². The minimum absolute atomic E-state index is 0.0691. The van der Waals surface area contributed by atoms with Gasteiger partial charge in [0.15, 0.2) is 0 Å². The predicted octanol–water partition coefficient (Wildman–Crippen LogP) is 3.32. The summed E-state index contributed by atoms with van der Waals surface area (Å²) in [7, 11) is 3.48. The highest BCUT2D eigenvalue weighted by molar-refractivity contribution is 7.20. The van der Waals surface area contributed by atoms with E-state index >= 15 is 0 Å². The van der Waals surface area contributed by atoms with Gasteiger partial charge in [-0.2, -0.15) is 0 Å². The molecule has 4 rings (SSSR count). The van der Waals surface area contributed by atoms with Crippen molar-refractivity contribution in [3.63, 3.8) is 0 Å². The number of carbonyl (C=O) groups excluding carboxylic acids is 2. The minimum atomic E-state index is -0.342. The largest absolute Gasteiger partial charge is 0.370 e. The van der Waals surface area contributed by atoms with Gasteiger partial charge in [-0.3, -0.25) is 14.6 Å². The number of aryl methyl sites for hydroxylation is 1. The lowest BCUT2D eigenvalue weighted by Crippen LogP contribution is -2.42. The number of rotatable bonds is 6. The number of carbonyl (C=O) groups is 2. The van der Waals surface area contributed by atoms with Gasteiger partial charge in [0.2, 0.25) is 5.91 Å². The maximum absolute atomic E-state index is 12.9. The lowest BCUT2D eigenvalue weighted by molar-refractivity contribution is -0.139. The number of fused-ring (bicyclic) bond motifs is 1. The smallest absolute Gasteiger partial charge is 0.263 e.